The molecule has 21 heavy (non-hydrogen) atoms. The number of carbonyl (C=O) groups is 1. The first-order valence-corrected chi connectivity index (χ1v) is 6.96. The Morgan fingerprint density at radius 2 is 2.00 bits per heavy atom. The maximum atomic E-state index is 12.3. The van der Waals surface area contributed by atoms with Gasteiger partial charge in [-0.1, -0.05) is 6.07 Å². The Balaban J connectivity index is 1.54. The highest BCUT2D eigenvalue weighted by Crippen LogP contribution is 2.17. The van der Waals surface area contributed by atoms with E-state index in [-0.39, 0.29) is 12.0 Å². The third-order valence-electron chi connectivity index (χ3n) is 3.46. The number of likely N-dealkylation sites (tertiary alicyclic amines) is 1. The lowest BCUT2D eigenvalue weighted by Crippen LogP contribution is -2.42. The molecule has 0 bridgehead atoms. The quantitative estimate of drug-likeness (QED) is 0.855. The van der Waals surface area contributed by atoms with Crippen LogP contribution in [-0.4, -0.2) is 45.0 Å². The van der Waals surface area contributed by atoms with Gasteiger partial charge in [0.1, 0.15) is 18.1 Å². The van der Waals surface area contributed by atoms with Crippen LogP contribution in [-0.2, 0) is 0 Å². The maximum Gasteiger partial charge on any atom is 0.272 e. The fraction of sp³-hybridized carbons (Fsp3) is 0.333. The number of pyridine rings is 1. The van der Waals surface area contributed by atoms with Crippen molar-refractivity contribution < 1.29 is 9.53 Å². The first kappa shape index (κ1) is 13.5. The Labute approximate surface area is 122 Å². The Kier molecular flexibility index (Phi) is 4.04. The van der Waals surface area contributed by atoms with Crippen molar-refractivity contribution in [3.63, 3.8) is 0 Å². The molecule has 0 radical (unpaired) electrons. The van der Waals surface area contributed by atoms with Gasteiger partial charge in [0.25, 0.3) is 5.91 Å². The van der Waals surface area contributed by atoms with Crippen LogP contribution in [0.15, 0.2) is 43.0 Å². The van der Waals surface area contributed by atoms with Gasteiger partial charge in [-0.3, -0.25) is 9.78 Å². The second-order valence-electron chi connectivity index (χ2n) is 4.87. The average molecular weight is 284 g/mol. The van der Waals surface area contributed by atoms with E-state index in [0.29, 0.717) is 24.7 Å². The minimum absolute atomic E-state index is 0.0175. The van der Waals surface area contributed by atoms with Crippen molar-refractivity contribution in [3.8, 4) is 5.88 Å². The van der Waals surface area contributed by atoms with E-state index in [4.69, 9.17) is 4.74 Å². The molecule has 2 aromatic heterocycles. The zero-order chi connectivity index (χ0) is 14.5. The molecule has 1 saturated heterocycles. The summed E-state index contributed by atoms with van der Waals surface area (Å²) < 4.78 is 5.78. The van der Waals surface area contributed by atoms with E-state index >= 15 is 0 Å². The van der Waals surface area contributed by atoms with E-state index in [9.17, 15) is 4.79 Å². The molecule has 108 valence electrons. The SMILES string of the molecule is O=C(c1ccccn1)N1CCC(Oc2ccncn2)CC1. The van der Waals surface area contributed by atoms with Crippen molar-refractivity contribution in [3.05, 3.63) is 48.7 Å². The van der Waals surface area contributed by atoms with Gasteiger partial charge in [0.15, 0.2) is 0 Å². The number of aromatic nitrogens is 3. The van der Waals surface area contributed by atoms with E-state index < -0.39 is 0 Å². The summed E-state index contributed by atoms with van der Waals surface area (Å²) in [5.41, 5.74) is 0.493. The molecule has 1 amide bonds. The zero-order valence-electron chi connectivity index (χ0n) is 11.6. The first-order chi connectivity index (χ1) is 10.3. The van der Waals surface area contributed by atoms with Gasteiger partial charge in [0.2, 0.25) is 5.88 Å². The number of carbonyl (C=O) groups excluding carboxylic acids is 1. The third kappa shape index (κ3) is 3.34. The van der Waals surface area contributed by atoms with Crippen molar-refractivity contribution in [2.45, 2.75) is 18.9 Å². The molecular weight excluding hydrogens is 268 g/mol. The summed E-state index contributed by atoms with van der Waals surface area (Å²) in [7, 11) is 0. The summed E-state index contributed by atoms with van der Waals surface area (Å²) in [6, 6.07) is 7.11. The van der Waals surface area contributed by atoms with Gasteiger partial charge < -0.3 is 9.64 Å². The van der Waals surface area contributed by atoms with Crippen LogP contribution >= 0.6 is 0 Å². The third-order valence-corrected chi connectivity index (χ3v) is 3.46. The van der Waals surface area contributed by atoms with Crippen LogP contribution in [0.25, 0.3) is 0 Å². The van der Waals surface area contributed by atoms with Crippen LogP contribution in [0.3, 0.4) is 0 Å². The smallest absolute Gasteiger partial charge is 0.272 e. The highest BCUT2D eigenvalue weighted by Gasteiger charge is 2.25. The normalized spacial score (nSPS) is 15.7. The van der Waals surface area contributed by atoms with Gasteiger partial charge in [-0.25, -0.2) is 9.97 Å². The van der Waals surface area contributed by atoms with Crippen LogP contribution in [0.2, 0.25) is 0 Å². The largest absolute Gasteiger partial charge is 0.474 e. The maximum absolute atomic E-state index is 12.3. The lowest BCUT2D eigenvalue weighted by atomic mass is 10.1. The van der Waals surface area contributed by atoms with Crippen LogP contribution in [0.5, 0.6) is 5.88 Å². The summed E-state index contributed by atoms with van der Waals surface area (Å²) >= 11 is 0. The summed E-state index contributed by atoms with van der Waals surface area (Å²) in [6.45, 7) is 1.34. The molecule has 0 aliphatic carbocycles. The van der Waals surface area contributed by atoms with Crippen molar-refractivity contribution in [2.75, 3.05) is 13.1 Å². The van der Waals surface area contributed by atoms with Crippen LogP contribution in [0.1, 0.15) is 23.3 Å². The van der Waals surface area contributed by atoms with Crippen molar-refractivity contribution in [1.29, 1.82) is 0 Å². The lowest BCUT2D eigenvalue weighted by Gasteiger charge is -2.31. The number of amides is 1. The van der Waals surface area contributed by atoms with Crippen molar-refractivity contribution >= 4 is 5.91 Å². The van der Waals surface area contributed by atoms with E-state index in [0.717, 1.165) is 12.8 Å². The summed E-state index contributed by atoms with van der Waals surface area (Å²) in [6.07, 6.45) is 6.44. The molecular formula is C15H16N4O2. The van der Waals surface area contributed by atoms with Crippen molar-refractivity contribution in [1.82, 2.24) is 19.9 Å². The number of piperidine rings is 1. The topological polar surface area (TPSA) is 68.2 Å². The van der Waals surface area contributed by atoms with Crippen molar-refractivity contribution in [2.24, 2.45) is 0 Å². The molecule has 0 N–H and O–H groups in total. The van der Waals surface area contributed by atoms with Gasteiger partial charge in [-0.15, -0.1) is 0 Å². The number of nitrogens with zero attached hydrogens (tertiary/aromatic N) is 4. The van der Waals surface area contributed by atoms with Gasteiger partial charge in [-0.2, -0.15) is 0 Å². The van der Waals surface area contributed by atoms with Gasteiger partial charge in [-0.05, 0) is 12.1 Å². The molecule has 6 heteroatoms. The van der Waals surface area contributed by atoms with E-state index in [1.165, 1.54) is 6.33 Å². The van der Waals surface area contributed by atoms with E-state index in [1.54, 1.807) is 30.6 Å². The van der Waals surface area contributed by atoms with Crippen LogP contribution < -0.4 is 4.74 Å². The van der Waals surface area contributed by atoms with Gasteiger partial charge >= 0.3 is 0 Å². The van der Waals surface area contributed by atoms with Crippen LogP contribution in [0, 0.1) is 0 Å². The summed E-state index contributed by atoms with van der Waals surface area (Å²) in [5.74, 6) is 0.565. The Morgan fingerprint density at radius 1 is 1.14 bits per heavy atom. The second kappa shape index (κ2) is 6.30. The minimum Gasteiger partial charge on any atom is -0.474 e. The van der Waals surface area contributed by atoms with Crippen LogP contribution in [0.4, 0.5) is 0 Å². The minimum atomic E-state index is -0.0175. The van der Waals surface area contributed by atoms with Gasteiger partial charge in [0, 0.05) is 44.4 Å². The molecule has 6 nitrogen and oxygen atoms in total. The second-order valence-corrected chi connectivity index (χ2v) is 4.87. The predicted octanol–water partition coefficient (Wildman–Crippen LogP) is 1.56. The zero-order valence-corrected chi connectivity index (χ0v) is 11.6. The molecule has 3 rings (SSSR count). The summed E-state index contributed by atoms with van der Waals surface area (Å²) in [4.78, 5) is 26.1. The molecule has 0 saturated carbocycles. The average Bonchev–Trinajstić information content (AvgIpc) is 2.57. The number of hydrogen-bond donors (Lipinski definition) is 0. The standard InChI is InChI=1S/C15H16N4O2/c20-15(13-3-1-2-7-17-13)19-9-5-12(6-10-19)21-14-4-8-16-11-18-14/h1-4,7-8,11-12H,5-6,9-10H2. The predicted molar refractivity (Wildman–Crippen MR) is 75.8 cm³/mol. The van der Waals surface area contributed by atoms with E-state index in [1.807, 2.05) is 11.0 Å². The highest BCUT2D eigenvalue weighted by atomic mass is 16.5. The Morgan fingerprint density at radius 3 is 2.67 bits per heavy atom. The molecule has 0 spiro atoms. The number of ether oxygens (including phenoxy) is 1. The molecule has 0 aromatic carbocycles. The first-order valence-electron chi connectivity index (χ1n) is 6.96. The molecule has 0 atom stereocenters. The van der Waals surface area contributed by atoms with Gasteiger partial charge in [0.05, 0.1) is 0 Å². The molecule has 1 aliphatic rings. The number of rotatable bonds is 3. The fourth-order valence-corrected chi connectivity index (χ4v) is 2.35. The molecule has 1 fully saturated rings. The lowest BCUT2D eigenvalue weighted by molar-refractivity contribution is 0.0582. The molecule has 3 heterocycles. The fourth-order valence-electron chi connectivity index (χ4n) is 2.35. The molecule has 0 unspecified atom stereocenters. The van der Waals surface area contributed by atoms with E-state index in [2.05, 4.69) is 15.0 Å². The summed E-state index contributed by atoms with van der Waals surface area (Å²) in [5, 5.41) is 0. The Bertz CT molecular complexity index is 583. The monoisotopic (exact) mass is 284 g/mol. The molecule has 2 aromatic rings. The Hall–Kier alpha value is -2.50. The highest BCUT2D eigenvalue weighted by molar-refractivity contribution is 5.92. The number of hydrogen-bond acceptors (Lipinski definition) is 5. The molecule has 1 aliphatic heterocycles.